The third-order valence-corrected chi connectivity index (χ3v) is 2.53. The molecule has 11 heavy (non-hydrogen) atoms. The lowest BCUT2D eigenvalue weighted by molar-refractivity contribution is 0.618. The van der Waals surface area contributed by atoms with Crippen molar-refractivity contribution < 1.29 is 0 Å². The molecule has 0 amide bonds. The lowest BCUT2D eigenvalue weighted by Crippen LogP contribution is -2.24. The van der Waals surface area contributed by atoms with Crippen LogP contribution in [0.5, 0.6) is 0 Å². The molecule has 58 valence electrons. The van der Waals surface area contributed by atoms with Gasteiger partial charge in [0.15, 0.2) is 0 Å². The third-order valence-electron chi connectivity index (χ3n) is 2.30. The van der Waals surface area contributed by atoms with Crippen molar-refractivity contribution in [3.63, 3.8) is 0 Å². The molecule has 2 N–H and O–H groups in total. The molecule has 1 nitrogen and oxygen atoms in total. The first-order valence-electron chi connectivity index (χ1n) is 3.79. The summed E-state index contributed by atoms with van der Waals surface area (Å²) in [7, 11) is 0. The van der Waals surface area contributed by atoms with E-state index >= 15 is 0 Å². The van der Waals surface area contributed by atoms with Gasteiger partial charge in [0.25, 0.3) is 0 Å². The molecule has 1 aliphatic rings. The molecule has 0 bridgehead atoms. The second-order valence-electron chi connectivity index (χ2n) is 2.98. The Hall–Kier alpha value is -0.530. The van der Waals surface area contributed by atoms with Crippen LogP contribution >= 0.6 is 11.6 Å². The number of benzene rings is 1. The van der Waals surface area contributed by atoms with Gasteiger partial charge in [0.1, 0.15) is 0 Å². The summed E-state index contributed by atoms with van der Waals surface area (Å²) in [6.07, 6.45) is 1.10. The van der Waals surface area contributed by atoms with Crippen LogP contribution < -0.4 is 5.73 Å². The number of hydrogen-bond acceptors (Lipinski definition) is 1. The molecule has 0 saturated heterocycles. The Bertz CT molecular complexity index is 283. The van der Waals surface area contributed by atoms with Gasteiger partial charge in [-0.25, -0.2) is 0 Å². The molecular weight excluding hydrogens is 158 g/mol. The van der Waals surface area contributed by atoms with Gasteiger partial charge < -0.3 is 5.73 Å². The fourth-order valence-electron chi connectivity index (χ4n) is 1.60. The van der Waals surface area contributed by atoms with Gasteiger partial charge >= 0.3 is 0 Å². The van der Waals surface area contributed by atoms with E-state index < -0.39 is 0 Å². The van der Waals surface area contributed by atoms with E-state index in [4.69, 9.17) is 17.3 Å². The molecule has 0 radical (unpaired) electrons. The fraction of sp³-hybridized carbons (Fsp3) is 0.333. The van der Waals surface area contributed by atoms with Crippen LogP contribution in [0.2, 0.25) is 5.02 Å². The molecule has 1 unspecified atom stereocenters. The summed E-state index contributed by atoms with van der Waals surface area (Å²) < 4.78 is 0. The first kappa shape index (κ1) is 7.14. The second kappa shape index (κ2) is 2.50. The minimum Gasteiger partial charge on any atom is -0.330 e. The lowest BCUT2D eigenvalue weighted by Gasteiger charge is -2.28. The largest absolute Gasteiger partial charge is 0.330 e. The third kappa shape index (κ3) is 1.05. The van der Waals surface area contributed by atoms with Crippen molar-refractivity contribution in [2.75, 3.05) is 6.54 Å². The molecule has 2 heteroatoms. The van der Waals surface area contributed by atoms with Crippen LogP contribution in [0.15, 0.2) is 18.2 Å². The first-order valence-corrected chi connectivity index (χ1v) is 4.17. The van der Waals surface area contributed by atoms with Gasteiger partial charge in [0.2, 0.25) is 0 Å². The number of nitrogens with two attached hydrogens (primary N) is 1. The average Bonchev–Trinajstić information content (AvgIpc) is 1.95. The van der Waals surface area contributed by atoms with E-state index in [0.29, 0.717) is 5.92 Å². The molecule has 0 aliphatic heterocycles. The zero-order valence-electron chi connectivity index (χ0n) is 6.18. The quantitative estimate of drug-likeness (QED) is 0.680. The summed E-state index contributed by atoms with van der Waals surface area (Å²) in [5.41, 5.74) is 8.31. The van der Waals surface area contributed by atoms with Crippen LogP contribution in [-0.4, -0.2) is 6.54 Å². The first-order chi connectivity index (χ1) is 5.31. The molecule has 0 heterocycles. The monoisotopic (exact) mass is 167 g/mol. The van der Waals surface area contributed by atoms with Crippen molar-refractivity contribution in [2.24, 2.45) is 5.73 Å². The standard InChI is InChI=1S/C9H10ClN/c10-8-1-2-9-6(4-8)3-7(9)5-11/h1-2,4,7H,3,5,11H2. The Morgan fingerprint density at radius 1 is 1.55 bits per heavy atom. The van der Waals surface area contributed by atoms with Crippen molar-refractivity contribution in [1.82, 2.24) is 0 Å². The van der Waals surface area contributed by atoms with Crippen LogP contribution in [-0.2, 0) is 6.42 Å². The SMILES string of the molecule is NCC1Cc2cc(Cl)ccc21. The lowest BCUT2D eigenvalue weighted by atomic mass is 9.78. The minimum atomic E-state index is 0.585. The number of hydrogen-bond donors (Lipinski definition) is 1. The normalized spacial score (nSPS) is 20.7. The molecule has 1 atom stereocenters. The van der Waals surface area contributed by atoms with E-state index in [1.807, 2.05) is 12.1 Å². The maximum absolute atomic E-state index is 5.81. The molecule has 0 aromatic heterocycles. The van der Waals surface area contributed by atoms with Gasteiger partial charge in [-0.05, 0) is 36.2 Å². The number of fused-ring (bicyclic) bond motifs is 1. The second-order valence-corrected chi connectivity index (χ2v) is 3.42. The van der Waals surface area contributed by atoms with Crippen LogP contribution in [0.25, 0.3) is 0 Å². The highest BCUT2D eigenvalue weighted by Gasteiger charge is 2.24. The maximum Gasteiger partial charge on any atom is 0.0408 e. The summed E-state index contributed by atoms with van der Waals surface area (Å²) >= 11 is 5.81. The molecular formula is C9H10ClN. The zero-order chi connectivity index (χ0) is 7.84. The fourth-order valence-corrected chi connectivity index (χ4v) is 1.80. The van der Waals surface area contributed by atoms with Gasteiger partial charge in [-0.3, -0.25) is 0 Å². The van der Waals surface area contributed by atoms with Crippen molar-refractivity contribution in [3.05, 3.63) is 34.3 Å². The molecule has 1 aromatic rings. The highest BCUT2D eigenvalue weighted by Crippen LogP contribution is 2.35. The van der Waals surface area contributed by atoms with Crippen LogP contribution in [0.3, 0.4) is 0 Å². The molecule has 0 fully saturated rings. The van der Waals surface area contributed by atoms with Gasteiger partial charge in [0.05, 0.1) is 0 Å². The Morgan fingerprint density at radius 3 is 3.00 bits per heavy atom. The summed E-state index contributed by atoms with van der Waals surface area (Å²) in [5, 5.41) is 0.833. The van der Waals surface area contributed by atoms with Gasteiger partial charge in [-0.1, -0.05) is 17.7 Å². The molecule has 1 aromatic carbocycles. The van der Waals surface area contributed by atoms with Crippen molar-refractivity contribution >= 4 is 11.6 Å². The number of rotatable bonds is 1. The predicted molar refractivity (Wildman–Crippen MR) is 47.0 cm³/mol. The zero-order valence-corrected chi connectivity index (χ0v) is 6.93. The van der Waals surface area contributed by atoms with Gasteiger partial charge in [0, 0.05) is 10.9 Å². The molecule has 1 aliphatic carbocycles. The molecule has 0 saturated carbocycles. The highest BCUT2D eigenvalue weighted by molar-refractivity contribution is 6.30. The van der Waals surface area contributed by atoms with Crippen molar-refractivity contribution in [3.8, 4) is 0 Å². The molecule has 2 rings (SSSR count). The average molecular weight is 168 g/mol. The Kier molecular flexibility index (Phi) is 1.63. The topological polar surface area (TPSA) is 26.0 Å². The summed E-state index contributed by atoms with van der Waals surface area (Å²) in [6.45, 7) is 0.759. The van der Waals surface area contributed by atoms with E-state index in [0.717, 1.165) is 18.0 Å². The molecule has 0 spiro atoms. The maximum atomic E-state index is 5.81. The van der Waals surface area contributed by atoms with Crippen LogP contribution in [0.4, 0.5) is 0 Å². The Balaban J connectivity index is 2.35. The Labute approximate surface area is 71.2 Å². The van der Waals surface area contributed by atoms with E-state index in [9.17, 15) is 0 Å². The predicted octanol–water partition coefficient (Wildman–Crippen LogP) is 1.94. The van der Waals surface area contributed by atoms with E-state index in [1.54, 1.807) is 0 Å². The smallest absolute Gasteiger partial charge is 0.0408 e. The van der Waals surface area contributed by atoms with Crippen LogP contribution in [0.1, 0.15) is 17.0 Å². The van der Waals surface area contributed by atoms with Gasteiger partial charge in [-0.2, -0.15) is 0 Å². The van der Waals surface area contributed by atoms with Gasteiger partial charge in [-0.15, -0.1) is 0 Å². The summed E-state index contributed by atoms with van der Waals surface area (Å²) in [6, 6.07) is 6.05. The van der Waals surface area contributed by atoms with E-state index in [-0.39, 0.29) is 0 Å². The number of halogens is 1. The van der Waals surface area contributed by atoms with Crippen molar-refractivity contribution in [1.29, 1.82) is 0 Å². The van der Waals surface area contributed by atoms with Crippen LogP contribution in [0, 0.1) is 0 Å². The van der Waals surface area contributed by atoms with E-state index in [2.05, 4.69) is 6.07 Å². The Morgan fingerprint density at radius 2 is 2.36 bits per heavy atom. The van der Waals surface area contributed by atoms with Crippen molar-refractivity contribution in [2.45, 2.75) is 12.3 Å². The minimum absolute atomic E-state index is 0.585. The highest BCUT2D eigenvalue weighted by atomic mass is 35.5. The van der Waals surface area contributed by atoms with E-state index in [1.165, 1.54) is 11.1 Å². The summed E-state index contributed by atoms with van der Waals surface area (Å²) in [5.74, 6) is 0.585. The summed E-state index contributed by atoms with van der Waals surface area (Å²) in [4.78, 5) is 0.